The molecule has 1 fully saturated rings. The molecule has 0 spiro atoms. The molecule has 2 atom stereocenters. The van der Waals surface area contributed by atoms with Crippen LogP contribution in [-0.2, 0) is 23.1 Å². The van der Waals surface area contributed by atoms with E-state index in [-0.39, 0.29) is 18.1 Å². The maximum atomic E-state index is 12.3. The molecular weight excluding hydrogens is 306 g/mol. The lowest BCUT2D eigenvalue weighted by molar-refractivity contribution is -0.122. The Balaban J connectivity index is 1.56. The van der Waals surface area contributed by atoms with E-state index in [4.69, 9.17) is 4.74 Å². The highest BCUT2D eigenvalue weighted by atomic mass is 16.5. The van der Waals surface area contributed by atoms with Gasteiger partial charge in [-0.3, -0.25) is 9.48 Å². The van der Waals surface area contributed by atoms with Crippen LogP contribution in [0.1, 0.15) is 42.3 Å². The Morgan fingerprint density at radius 1 is 1.46 bits per heavy atom. The average Bonchev–Trinajstić information content (AvgIpc) is 3.24. The number of aromatic nitrogens is 4. The highest BCUT2D eigenvalue weighted by molar-refractivity contribution is 5.76. The molecule has 3 heterocycles. The molecule has 24 heavy (non-hydrogen) atoms. The summed E-state index contributed by atoms with van der Waals surface area (Å²) in [7, 11) is 1.93. The molecule has 0 saturated carbocycles. The number of amides is 1. The predicted molar refractivity (Wildman–Crippen MR) is 89.4 cm³/mol. The molecule has 2 aromatic rings. The third-order valence-electron chi connectivity index (χ3n) is 4.67. The fraction of sp³-hybridized carbons (Fsp3) is 0.588. The van der Waals surface area contributed by atoms with E-state index in [0.29, 0.717) is 13.0 Å². The number of hydrogen-bond donors (Lipinski definition) is 1. The molecule has 1 N–H and O–H groups in total. The first-order chi connectivity index (χ1) is 11.6. The maximum absolute atomic E-state index is 12.3. The first-order valence-electron chi connectivity index (χ1n) is 8.43. The van der Waals surface area contributed by atoms with Gasteiger partial charge in [-0.15, -0.1) is 0 Å². The minimum atomic E-state index is -0.101. The second-order valence-corrected chi connectivity index (χ2v) is 6.37. The van der Waals surface area contributed by atoms with Gasteiger partial charge in [0.2, 0.25) is 5.91 Å². The quantitative estimate of drug-likeness (QED) is 0.873. The molecule has 0 unspecified atom stereocenters. The van der Waals surface area contributed by atoms with Gasteiger partial charge in [0.25, 0.3) is 0 Å². The maximum Gasteiger partial charge on any atom is 0.220 e. The van der Waals surface area contributed by atoms with Crippen molar-refractivity contribution < 1.29 is 9.53 Å². The van der Waals surface area contributed by atoms with E-state index >= 15 is 0 Å². The monoisotopic (exact) mass is 331 g/mol. The van der Waals surface area contributed by atoms with Crippen LogP contribution >= 0.6 is 0 Å². The molecule has 0 aliphatic carbocycles. The molecule has 1 aliphatic heterocycles. The van der Waals surface area contributed by atoms with Gasteiger partial charge < -0.3 is 14.6 Å². The number of rotatable bonds is 6. The Bertz CT molecular complexity index is 692. The summed E-state index contributed by atoms with van der Waals surface area (Å²) in [5, 5.41) is 7.61. The van der Waals surface area contributed by atoms with Crippen LogP contribution in [0.15, 0.2) is 18.7 Å². The van der Waals surface area contributed by atoms with Crippen LogP contribution in [0.3, 0.4) is 0 Å². The van der Waals surface area contributed by atoms with Crippen LogP contribution in [-0.4, -0.2) is 37.9 Å². The number of nitrogens with zero attached hydrogens (tertiary/aromatic N) is 4. The molecule has 130 valence electrons. The molecule has 0 bridgehead atoms. The van der Waals surface area contributed by atoms with Crippen molar-refractivity contribution in [2.75, 3.05) is 6.61 Å². The number of aryl methyl sites for hydroxylation is 3. The van der Waals surface area contributed by atoms with Crippen molar-refractivity contribution in [1.29, 1.82) is 0 Å². The van der Waals surface area contributed by atoms with Crippen LogP contribution in [0.2, 0.25) is 0 Å². The molecule has 0 radical (unpaired) electrons. The van der Waals surface area contributed by atoms with Crippen molar-refractivity contribution in [3.63, 3.8) is 0 Å². The molecule has 7 nitrogen and oxygen atoms in total. The Hall–Kier alpha value is -2.15. The number of nitrogens with one attached hydrogen (secondary N) is 1. The van der Waals surface area contributed by atoms with E-state index in [0.717, 1.165) is 36.3 Å². The molecule has 1 aliphatic rings. The van der Waals surface area contributed by atoms with Crippen LogP contribution in [0.5, 0.6) is 0 Å². The van der Waals surface area contributed by atoms with Gasteiger partial charge in [0, 0.05) is 50.3 Å². The van der Waals surface area contributed by atoms with E-state index in [1.807, 2.05) is 36.3 Å². The first-order valence-corrected chi connectivity index (χ1v) is 8.43. The molecule has 1 saturated heterocycles. The molecule has 0 aromatic carbocycles. The number of hydrogen-bond acceptors (Lipinski definition) is 4. The van der Waals surface area contributed by atoms with Crippen LogP contribution in [0.4, 0.5) is 0 Å². The Morgan fingerprint density at radius 2 is 2.29 bits per heavy atom. The average molecular weight is 331 g/mol. The highest BCUT2D eigenvalue weighted by Crippen LogP contribution is 2.33. The van der Waals surface area contributed by atoms with Gasteiger partial charge in [-0.2, -0.15) is 5.10 Å². The largest absolute Gasteiger partial charge is 0.371 e. The van der Waals surface area contributed by atoms with E-state index in [9.17, 15) is 4.79 Å². The minimum Gasteiger partial charge on any atom is -0.371 e. The lowest BCUT2D eigenvalue weighted by atomic mass is 10.00. The second-order valence-electron chi connectivity index (χ2n) is 6.37. The summed E-state index contributed by atoms with van der Waals surface area (Å²) in [5.74, 6) is 0.0785. The van der Waals surface area contributed by atoms with Gasteiger partial charge in [-0.05, 0) is 26.7 Å². The van der Waals surface area contributed by atoms with Crippen LogP contribution in [0, 0.1) is 13.8 Å². The van der Waals surface area contributed by atoms with E-state index in [2.05, 4.69) is 15.4 Å². The second kappa shape index (κ2) is 7.17. The lowest BCUT2D eigenvalue weighted by Crippen LogP contribution is -2.37. The van der Waals surface area contributed by atoms with Crippen molar-refractivity contribution in [1.82, 2.24) is 24.6 Å². The van der Waals surface area contributed by atoms with Gasteiger partial charge >= 0.3 is 0 Å². The topological polar surface area (TPSA) is 74.0 Å². The van der Waals surface area contributed by atoms with Crippen molar-refractivity contribution in [2.24, 2.45) is 7.05 Å². The molecule has 7 heteroatoms. The number of carbonyl (C=O) groups excluding carboxylic acids is 1. The van der Waals surface area contributed by atoms with Crippen molar-refractivity contribution in [3.8, 4) is 0 Å². The summed E-state index contributed by atoms with van der Waals surface area (Å²) in [4.78, 5) is 16.3. The third-order valence-corrected chi connectivity index (χ3v) is 4.67. The summed E-state index contributed by atoms with van der Waals surface area (Å²) >= 11 is 0. The lowest BCUT2D eigenvalue weighted by Gasteiger charge is -2.20. The Labute approximate surface area is 142 Å². The minimum absolute atomic E-state index is 0.0207. The van der Waals surface area contributed by atoms with E-state index < -0.39 is 0 Å². The smallest absolute Gasteiger partial charge is 0.220 e. The van der Waals surface area contributed by atoms with Crippen LogP contribution < -0.4 is 5.32 Å². The normalized spacial score (nSPS) is 20.5. The molecular formula is C17H25N5O2. The zero-order valence-corrected chi connectivity index (χ0v) is 14.5. The Kier molecular flexibility index (Phi) is 4.99. The predicted octanol–water partition coefficient (Wildman–Crippen LogP) is 1.66. The van der Waals surface area contributed by atoms with E-state index in [1.54, 1.807) is 12.5 Å². The van der Waals surface area contributed by atoms with Crippen molar-refractivity contribution in [3.05, 3.63) is 35.7 Å². The van der Waals surface area contributed by atoms with Gasteiger partial charge in [0.15, 0.2) is 0 Å². The molecule has 3 rings (SSSR count). The summed E-state index contributed by atoms with van der Waals surface area (Å²) in [6.07, 6.45) is 7.47. The standard InChI is InChI=1S/C17H25N5O2/c1-12-16(13(2)21(3)20-12)17-14(6-10-24-17)19-15(23)5-4-8-22-9-7-18-11-22/h7,9,11,14,17H,4-6,8,10H2,1-3H3,(H,19,23)/t14-,17-/m0/s1. The van der Waals surface area contributed by atoms with Gasteiger partial charge in [0.05, 0.1) is 18.1 Å². The zero-order chi connectivity index (χ0) is 17.1. The first kappa shape index (κ1) is 16.7. The summed E-state index contributed by atoms with van der Waals surface area (Å²) in [5.41, 5.74) is 3.18. The number of carbonyl (C=O) groups is 1. The van der Waals surface area contributed by atoms with Gasteiger partial charge in [-0.25, -0.2) is 4.98 Å². The van der Waals surface area contributed by atoms with E-state index in [1.165, 1.54) is 0 Å². The highest BCUT2D eigenvalue weighted by Gasteiger charge is 2.34. The summed E-state index contributed by atoms with van der Waals surface area (Å²) in [6.45, 7) is 5.51. The fourth-order valence-electron chi connectivity index (χ4n) is 3.34. The van der Waals surface area contributed by atoms with Gasteiger partial charge in [0.1, 0.15) is 6.10 Å². The van der Waals surface area contributed by atoms with Crippen LogP contribution in [0.25, 0.3) is 0 Å². The number of imidazole rings is 1. The Morgan fingerprint density at radius 3 is 2.96 bits per heavy atom. The van der Waals surface area contributed by atoms with Crippen molar-refractivity contribution in [2.45, 2.75) is 51.8 Å². The summed E-state index contributed by atoms with van der Waals surface area (Å²) in [6, 6.07) is 0.0207. The van der Waals surface area contributed by atoms with Gasteiger partial charge in [-0.1, -0.05) is 0 Å². The fourth-order valence-corrected chi connectivity index (χ4v) is 3.34. The van der Waals surface area contributed by atoms with Crippen molar-refractivity contribution >= 4 is 5.91 Å². The third kappa shape index (κ3) is 3.51. The summed E-state index contributed by atoms with van der Waals surface area (Å²) < 4.78 is 9.77. The molecule has 1 amide bonds. The molecule has 2 aromatic heterocycles. The SMILES string of the molecule is Cc1nn(C)c(C)c1[C@H]1OCC[C@@H]1NC(=O)CCCn1ccnc1. The zero-order valence-electron chi connectivity index (χ0n) is 14.5. The number of ether oxygens (including phenoxy) is 1.